The number of furan rings is 1. The summed E-state index contributed by atoms with van der Waals surface area (Å²) in [5.74, 6) is 0.279. The van der Waals surface area contributed by atoms with Crippen LogP contribution in [-0.4, -0.2) is 53.7 Å². The number of amides is 3. The number of hydrogen-bond acceptors (Lipinski definition) is 5. The predicted molar refractivity (Wildman–Crippen MR) is 111 cm³/mol. The number of rotatable bonds is 7. The van der Waals surface area contributed by atoms with E-state index >= 15 is 0 Å². The van der Waals surface area contributed by atoms with Crippen molar-refractivity contribution in [1.29, 1.82) is 0 Å². The Morgan fingerprint density at radius 1 is 1.20 bits per heavy atom. The van der Waals surface area contributed by atoms with Gasteiger partial charge in [-0.05, 0) is 68.6 Å². The summed E-state index contributed by atoms with van der Waals surface area (Å²) < 4.78 is 5.24. The van der Waals surface area contributed by atoms with E-state index in [9.17, 15) is 14.4 Å². The lowest BCUT2D eigenvalue weighted by Gasteiger charge is -2.30. The number of nitrogens with zero attached hydrogens (tertiary/aromatic N) is 2. The lowest BCUT2D eigenvalue weighted by molar-refractivity contribution is 0.0631. The molecule has 7 nitrogen and oxygen atoms in total. The van der Waals surface area contributed by atoms with Gasteiger partial charge >= 0.3 is 0 Å². The van der Waals surface area contributed by atoms with Gasteiger partial charge in [0, 0.05) is 18.7 Å². The van der Waals surface area contributed by atoms with Crippen molar-refractivity contribution in [3.8, 4) is 0 Å². The van der Waals surface area contributed by atoms with Gasteiger partial charge in [-0.15, -0.1) is 0 Å². The van der Waals surface area contributed by atoms with Crippen LogP contribution in [0.2, 0.25) is 0 Å². The summed E-state index contributed by atoms with van der Waals surface area (Å²) in [5, 5.41) is 2.92. The predicted octanol–water partition coefficient (Wildman–Crippen LogP) is 2.93. The first kappa shape index (κ1) is 20.3. The third-order valence-corrected chi connectivity index (χ3v) is 5.80. The standard InChI is InChI=1S/C23H27N3O4/c1-16-5-2-10-25(14-16)11-4-9-24-21(27)17-7-8-19-20(13-17)23(29)26(22(19)28)15-18-6-3-12-30-18/h3,6-8,12-13,16H,2,4-5,9-11,14-15H2,1H3,(H,24,27). The van der Waals surface area contributed by atoms with E-state index in [0.29, 0.717) is 23.4 Å². The van der Waals surface area contributed by atoms with Crippen molar-refractivity contribution in [3.63, 3.8) is 0 Å². The van der Waals surface area contributed by atoms with Crippen LogP contribution in [0.25, 0.3) is 0 Å². The molecule has 7 heteroatoms. The maximum absolute atomic E-state index is 12.7. The Bertz CT molecular complexity index is 938. The fourth-order valence-electron chi connectivity index (χ4n) is 4.23. The van der Waals surface area contributed by atoms with Crippen LogP contribution in [0.15, 0.2) is 41.0 Å². The molecule has 1 unspecified atom stereocenters. The lowest BCUT2D eigenvalue weighted by atomic mass is 10.0. The van der Waals surface area contributed by atoms with Crippen molar-refractivity contribution in [2.45, 2.75) is 32.7 Å². The molecule has 1 aromatic carbocycles. The van der Waals surface area contributed by atoms with Crippen LogP contribution in [0.4, 0.5) is 0 Å². The maximum atomic E-state index is 12.7. The molecule has 0 bridgehead atoms. The second-order valence-corrected chi connectivity index (χ2v) is 8.19. The molecule has 30 heavy (non-hydrogen) atoms. The quantitative estimate of drug-likeness (QED) is 0.562. The third kappa shape index (κ3) is 4.31. The number of benzene rings is 1. The molecular weight excluding hydrogens is 382 g/mol. The number of carbonyl (C=O) groups excluding carboxylic acids is 3. The fourth-order valence-corrected chi connectivity index (χ4v) is 4.23. The van der Waals surface area contributed by atoms with E-state index < -0.39 is 5.91 Å². The average Bonchev–Trinajstić information content (AvgIpc) is 3.34. The summed E-state index contributed by atoms with van der Waals surface area (Å²) in [6, 6.07) is 8.10. The third-order valence-electron chi connectivity index (χ3n) is 5.80. The zero-order valence-electron chi connectivity index (χ0n) is 17.2. The first-order valence-electron chi connectivity index (χ1n) is 10.6. The Morgan fingerprint density at radius 2 is 2.03 bits per heavy atom. The highest BCUT2D eigenvalue weighted by Crippen LogP contribution is 2.26. The second-order valence-electron chi connectivity index (χ2n) is 8.19. The van der Waals surface area contributed by atoms with Crippen LogP contribution in [0.5, 0.6) is 0 Å². The van der Waals surface area contributed by atoms with Crippen molar-refractivity contribution >= 4 is 17.7 Å². The highest BCUT2D eigenvalue weighted by molar-refractivity contribution is 6.21. The molecule has 0 aliphatic carbocycles. The van der Waals surface area contributed by atoms with Crippen LogP contribution in [0, 0.1) is 5.92 Å². The Morgan fingerprint density at radius 3 is 2.80 bits per heavy atom. The number of imide groups is 1. The van der Waals surface area contributed by atoms with Gasteiger partial charge in [-0.25, -0.2) is 0 Å². The van der Waals surface area contributed by atoms with Crippen LogP contribution in [0.3, 0.4) is 0 Å². The summed E-state index contributed by atoms with van der Waals surface area (Å²) in [4.78, 5) is 41.4. The molecule has 158 valence electrons. The molecule has 3 amide bonds. The molecule has 1 N–H and O–H groups in total. The summed E-state index contributed by atoms with van der Waals surface area (Å²) in [7, 11) is 0. The van der Waals surface area contributed by atoms with E-state index in [1.54, 1.807) is 24.3 Å². The zero-order chi connectivity index (χ0) is 21.1. The topological polar surface area (TPSA) is 82.9 Å². The molecule has 4 rings (SSSR count). The highest BCUT2D eigenvalue weighted by atomic mass is 16.3. The SMILES string of the molecule is CC1CCCN(CCCNC(=O)c2ccc3c(c2)C(=O)N(Cc2ccco2)C3=O)C1. The summed E-state index contributed by atoms with van der Waals surface area (Å²) in [5.41, 5.74) is 0.977. The molecule has 2 aromatic rings. The van der Waals surface area contributed by atoms with Crippen molar-refractivity contribution in [2.75, 3.05) is 26.2 Å². The molecule has 1 aromatic heterocycles. The van der Waals surface area contributed by atoms with E-state index in [2.05, 4.69) is 17.1 Å². The van der Waals surface area contributed by atoms with Crippen molar-refractivity contribution in [2.24, 2.45) is 5.92 Å². The number of piperidine rings is 1. The van der Waals surface area contributed by atoms with Gasteiger partial charge in [0.15, 0.2) is 0 Å². The van der Waals surface area contributed by atoms with E-state index in [0.717, 1.165) is 36.9 Å². The van der Waals surface area contributed by atoms with Crippen molar-refractivity contribution < 1.29 is 18.8 Å². The number of carbonyl (C=O) groups is 3. The molecule has 0 radical (unpaired) electrons. The van der Waals surface area contributed by atoms with Gasteiger partial charge in [0.2, 0.25) is 0 Å². The Balaban J connectivity index is 1.33. The number of nitrogens with one attached hydrogen (secondary N) is 1. The minimum atomic E-state index is -0.403. The molecule has 2 aliphatic heterocycles. The lowest BCUT2D eigenvalue weighted by Crippen LogP contribution is -2.36. The van der Waals surface area contributed by atoms with Crippen LogP contribution in [0.1, 0.15) is 63.0 Å². The van der Waals surface area contributed by atoms with Gasteiger partial charge in [-0.1, -0.05) is 6.92 Å². The fraction of sp³-hybridized carbons (Fsp3) is 0.435. The van der Waals surface area contributed by atoms with Gasteiger partial charge < -0.3 is 14.6 Å². The van der Waals surface area contributed by atoms with E-state index in [-0.39, 0.29) is 23.9 Å². The van der Waals surface area contributed by atoms with E-state index in [1.807, 2.05) is 0 Å². The molecular formula is C23H27N3O4. The largest absolute Gasteiger partial charge is 0.467 e. The highest BCUT2D eigenvalue weighted by Gasteiger charge is 2.36. The molecule has 1 atom stereocenters. The summed E-state index contributed by atoms with van der Waals surface area (Å²) in [6.45, 7) is 6.18. The Hall–Kier alpha value is -2.93. The minimum absolute atomic E-state index is 0.0794. The first-order valence-corrected chi connectivity index (χ1v) is 10.6. The summed E-state index contributed by atoms with van der Waals surface area (Å²) in [6.07, 6.45) is 4.93. The molecule has 2 aliphatic rings. The number of likely N-dealkylation sites (tertiary alicyclic amines) is 1. The second kappa shape index (κ2) is 8.83. The smallest absolute Gasteiger partial charge is 0.261 e. The van der Waals surface area contributed by atoms with E-state index in [4.69, 9.17) is 4.42 Å². The molecule has 1 saturated heterocycles. The van der Waals surface area contributed by atoms with Gasteiger partial charge in [0.25, 0.3) is 17.7 Å². The monoisotopic (exact) mass is 409 g/mol. The Kier molecular flexibility index (Phi) is 5.99. The van der Waals surface area contributed by atoms with Crippen molar-refractivity contribution in [3.05, 3.63) is 59.0 Å². The van der Waals surface area contributed by atoms with Gasteiger partial charge in [-0.2, -0.15) is 0 Å². The molecule has 0 spiro atoms. The van der Waals surface area contributed by atoms with Crippen LogP contribution < -0.4 is 5.32 Å². The zero-order valence-corrected chi connectivity index (χ0v) is 17.2. The number of fused-ring (bicyclic) bond motifs is 1. The van der Waals surface area contributed by atoms with Gasteiger partial charge in [0.05, 0.1) is 23.9 Å². The van der Waals surface area contributed by atoms with Gasteiger partial charge in [0.1, 0.15) is 5.76 Å². The molecule has 1 fully saturated rings. The molecule has 0 saturated carbocycles. The average molecular weight is 409 g/mol. The Labute approximate surface area is 176 Å². The van der Waals surface area contributed by atoms with Crippen LogP contribution in [-0.2, 0) is 6.54 Å². The molecule has 3 heterocycles. The number of hydrogen-bond donors (Lipinski definition) is 1. The summed E-state index contributed by atoms with van der Waals surface area (Å²) >= 11 is 0. The van der Waals surface area contributed by atoms with Crippen LogP contribution >= 0.6 is 0 Å². The van der Waals surface area contributed by atoms with Gasteiger partial charge in [-0.3, -0.25) is 19.3 Å². The normalized spacial score (nSPS) is 19.2. The minimum Gasteiger partial charge on any atom is -0.467 e. The first-order chi connectivity index (χ1) is 14.5. The van der Waals surface area contributed by atoms with E-state index in [1.165, 1.54) is 25.2 Å². The van der Waals surface area contributed by atoms with Crippen molar-refractivity contribution in [1.82, 2.24) is 15.1 Å². The maximum Gasteiger partial charge on any atom is 0.261 e.